The summed E-state index contributed by atoms with van der Waals surface area (Å²) in [4.78, 5) is 0. The van der Waals surface area contributed by atoms with Crippen LogP contribution in [0.3, 0.4) is 0 Å². The maximum atomic E-state index is 10.6. The van der Waals surface area contributed by atoms with Gasteiger partial charge < -0.3 is 34.6 Å². The lowest BCUT2D eigenvalue weighted by Crippen LogP contribution is -2.48. The second-order valence-electron chi connectivity index (χ2n) is 7.83. The SMILES string of the molecule is CC1(C)Oc2cc3c(cc2[C@H](O)[C@H]1O)[C@H]1COc2c(ccc(O)c2O)[C@H]1O3. The summed E-state index contributed by atoms with van der Waals surface area (Å²) in [6.07, 6.45) is -2.50. The normalized spacial score (nSPS) is 29.3. The Balaban J connectivity index is 1.59. The zero-order chi connectivity index (χ0) is 19.1. The van der Waals surface area contributed by atoms with Crippen molar-refractivity contribution < 1.29 is 34.6 Å². The van der Waals surface area contributed by atoms with Gasteiger partial charge in [0.15, 0.2) is 11.5 Å². The van der Waals surface area contributed by atoms with Crippen molar-refractivity contribution in [2.45, 2.75) is 43.7 Å². The van der Waals surface area contributed by atoms with E-state index in [2.05, 4.69) is 0 Å². The fourth-order valence-electron chi connectivity index (χ4n) is 4.17. The molecule has 3 aliphatic heterocycles. The van der Waals surface area contributed by atoms with Gasteiger partial charge in [0.25, 0.3) is 0 Å². The lowest BCUT2D eigenvalue weighted by molar-refractivity contribution is -0.111. The number of hydrogen-bond acceptors (Lipinski definition) is 7. The van der Waals surface area contributed by atoms with Crippen LogP contribution in [0.25, 0.3) is 0 Å². The average molecular weight is 372 g/mol. The van der Waals surface area contributed by atoms with E-state index in [1.165, 1.54) is 6.07 Å². The number of aromatic hydroxyl groups is 2. The van der Waals surface area contributed by atoms with E-state index in [-0.39, 0.29) is 35.9 Å². The van der Waals surface area contributed by atoms with Crippen LogP contribution in [0.1, 0.15) is 48.7 Å². The highest BCUT2D eigenvalue weighted by molar-refractivity contribution is 5.60. The molecule has 4 atom stereocenters. The topological polar surface area (TPSA) is 109 Å². The van der Waals surface area contributed by atoms with Gasteiger partial charge in [-0.05, 0) is 32.0 Å². The summed E-state index contributed by atoms with van der Waals surface area (Å²) in [5.74, 6) is 0.638. The Morgan fingerprint density at radius 3 is 2.56 bits per heavy atom. The smallest absolute Gasteiger partial charge is 0.200 e. The molecule has 0 radical (unpaired) electrons. The van der Waals surface area contributed by atoms with Crippen LogP contribution >= 0.6 is 0 Å². The molecule has 3 heterocycles. The first-order valence-corrected chi connectivity index (χ1v) is 8.85. The zero-order valence-corrected chi connectivity index (χ0v) is 14.8. The molecule has 0 aliphatic carbocycles. The fourth-order valence-corrected chi connectivity index (χ4v) is 4.17. The van der Waals surface area contributed by atoms with E-state index in [4.69, 9.17) is 14.2 Å². The Labute approximate surface area is 155 Å². The molecule has 0 saturated heterocycles. The van der Waals surface area contributed by atoms with E-state index in [0.717, 1.165) is 5.56 Å². The maximum Gasteiger partial charge on any atom is 0.200 e. The number of hydrogen-bond donors (Lipinski definition) is 4. The van der Waals surface area contributed by atoms with Gasteiger partial charge in [-0.1, -0.05) is 0 Å². The van der Waals surface area contributed by atoms with Crippen LogP contribution in [0.15, 0.2) is 24.3 Å². The standard InChI is InChI=1S/C20H20O7/c1-20(2)19(24)15(22)10-5-9-11-7-25-18-8(3-4-12(21)16(18)23)17(11)26-13(9)6-14(10)27-20/h3-6,11,15,17,19,21-24H,7H2,1-2H3/t11-,15+,17-,19-/m1/s1. The third-order valence-electron chi connectivity index (χ3n) is 5.72. The van der Waals surface area contributed by atoms with Crippen molar-refractivity contribution in [3.05, 3.63) is 41.0 Å². The highest BCUT2D eigenvalue weighted by atomic mass is 16.5. The van der Waals surface area contributed by atoms with Gasteiger partial charge in [-0.25, -0.2) is 0 Å². The first-order valence-electron chi connectivity index (χ1n) is 8.85. The van der Waals surface area contributed by atoms with Crippen LogP contribution in [0.5, 0.6) is 28.7 Å². The summed E-state index contributed by atoms with van der Waals surface area (Å²) in [6.45, 7) is 3.69. The molecule has 0 aromatic heterocycles. The third-order valence-corrected chi connectivity index (χ3v) is 5.72. The first-order chi connectivity index (χ1) is 12.8. The molecule has 0 saturated carbocycles. The minimum absolute atomic E-state index is 0.138. The van der Waals surface area contributed by atoms with Gasteiger partial charge >= 0.3 is 0 Å². The Morgan fingerprint density at radius 1 is 1.00 bits per heavy atom. The summed E-state index contributed by atoms with van der Waals surface area (Å²) in [6, 6.07) is 6.61. The van der Waals surface area contributed by atoms with Crippen molar-refractivity contribution >= 4 is 0 Å². The number of phenols is 2. The summed E-state index contributed by atoms with van der Waals surface area (Å²) < 4.78 is 17.7. The largest absolute Gasteiger partial charge is 0.504 e. The molecule has 142 valence electrons. The molecule has 3 aliphatic rings. The van der Waals surface area contributed by atoms with Crippen LogP contribution < -0.4 is 14.2 Å². The molecule has 27 heavy (non-hydrogen) atoms. The Bertz CT molecular complexity index is 952. The molecular formula is C20H20O7. The van der Waals surface area contributed by atoms with Gasteiger partial charge in [-0.3, -0.25) is 0 Å². The Morgan fingerprint density at radius 2 is 1.78 bits per heavy atom. The zero-order valence-electron chi connectivity index (χ0n) is 14.8. The second kappa shape index (κ2) is 5.21. The van der Waals surface area contributed by atoms with Gasteiger partial charge in [0.2, 0.25) is 5.75 Å². The molecule has 5 rings (SSSR count). The number of benzene rings is 2. The summed E-state index contributed by atoms with van der Waals surface area (Å²) in [7, 11) is 0. The number of fused-ring (bicyclic) bond motifs is 6. The summed E-state index contributed by atoms with van der Waals surface area (Å²) >= 11 is 0. The second-order valence-corrected chi connectivity index (χ2v) is 7.83. The molecule has 0 bridgehead atoms. The van der Waals surface area contributed by atoms with Gasteiger partial charge in [0.1, 0.15) is 35.4 Å². The fraction of sp³-hybridized carbons (Fsp3) is 0.400. The molecule has 2 aromatic carbocycles. The van der Waals surface area contributed by atoms with Crippen molar-refractivity contribution in [3.8, 4) is 28.7 Å². The molecule has 0 amide bonds. The van der Waals surface area contributed by atoms with Crippen LogP contribution in [0.4, 0.5) is 0 Å². The minimum atomic E-state index is -1.06. The predicted octanol–water partition coefficient (Wildman–Crippen LogP) is 2.27. The Hall–Kier alpha value is -2.64. The van der Waals surface area contributed by atoms with Gasteiger partial charge in [0.05, 0.1) is 12.5 Å². The van der Waals surface area contributed by atoms with E-state index in [9.17, 15) is 20.4 Å². The number of ether oxygens (including phenoxy) is 3. The van der Waals surface area contributed by atoms with Gasteiger partial charge in [0, 0.05) is 22.8 Å². The van der Waals surface area contributed by atoms with Crippen molar-refractivity contribution in [1.82, 2.24) is 0 Å². The van der Waals surface area contributed by atoms with E-state index >= 15 is 0 Å². The van der Waals surface area contributed by atoms with Crippen molar-refractivity contribution in [3.63, 3.8) is 0 Å². The van der Waals surface area contributed by atoms with E-state index in [0.29, 0.717) is 22.6 Å². The van der Waals surface area contributed by atoms with Crippen molar-refractivity contribution in [2.75, 3.05) is 6.61 Å². The van der Waals surface area contributed by atoms with Crippen molar-refractivity contribution in [1.29, 1.82) is 0 Å². The third kappa shape index (κ3) is 2.15. The monoisotopic (exact) mass is 372 g/mol. The molecule has 7 nitrogen and oxygen atoms in total. The number of aliphatic hydroxyl groups is 2. The van der Waals surface area contributed by atoms with E-state index in [1.54, 1.807) is 32.0 Å². The quantitative estimate of drug-likeness (QED) is 0.525. The molecule has 0 unspecified atom stereocenters. The molecule has 2 aromatic rings. The lowest BCUT2D eigenvalue weighted by Gasteiger charge is -2.40. The minimum Gasteiger partial charge on any atom is -0.504 e. The lowest BCUT2D eigenvalue weighted by atomic mass is 9.84. The molecular weight excluding hydrogens is 352 g/mol. The maximum absolute atomic E-state index is 10.6. The first kappa shape index (κ1) is 16.5. The van der Waals surface area contributed by atoms with Crippen LogP contribution in [0.2, 0.25) is 0 Å². The van der Waals surface area contributed by atoms with Crippen LogP contribution in [0, 0.1) is 0 Å². The highest BCUT2D eigenvalue weighted by Gasteiger charge is 2.46. The Kier molecular flexibility index (Phi) is 3.19. The summed E-state index contributed by atoms with van der Waals surface area (Å²) in [5, 5.41) is 40.7. The van der Waals surface area contributed by atoms with Crippen molar-refractivity contribution in [2.24, 2.45) is 0 Å². The van der Waals surface area contributed by atoms with E-state index in [1.807, 2.05) is 0 Å². The number of rotatable bonds is 0. The molecule has 4 N–H and O–H groups in total. The number of aliphatic hydroxyl groups excluding tert-OH is 2. The highest BCUT2D eigenvalue weighted by Crippen LogP contribution is 2.56. The summed E-state index contributed by atoms with van der Waals surface area (Å²) in [5.41, 5.74) is 1.10. The average Bonchev–Trinajstić information content (AvgIpc) is 2.99. The van der Waals surface area contributed by atoms with Gasteiger partial charge in [-0.15, -0.1) is 0 Å². The van der Waals surface area contributed by atoms with Crippen LogP contribution in [-0.4, -0.2) is 38.7 Å². The van der Waals surface area contributed by atoms with Gasteiger partial charge in [-0.2, -0.15) is 0 Å². The molecule has 0 spiro atoms. The predicted molar refractivity (Wildman–Crippen MR) is 93.5 cm³/mol. The molecule has 7 heteroatoms. The van der Waals surface area contributed by atoms with Crippen LogP contribution in [-0.2, 0) is 0 Å². The molecule has 0 fully saturated rings. The number of phenolic OH excluding ortho intramolecular Hbond substituents is 2. The van der Waals surface area contributed by atoms with E-state index < -0.39 is 17.8 Å².